The molecule has 0 saturated heterocycles. The summed E-state index contributed by atoms with van der Waals surface area (Å²) in [5, 5.41) is 10.9. The zero-order chi connectivity index (χ0) is 11.3. The van der Waals surface area contributed by atoms with E-state index >= 15 is 0 Å². The lowest BCUT2D eigenvalue weighted by Crippen LogP contribution is -2.10. The summed E-state index contributed by atoms with van der Waals surface area (Å²) in [4.78, 5) is 11.1. The summed E-state index contributed by atoms with van der Waals surface area (Å²) in [5.41, 5.74) is 1.61. The van der Waals surface area contributed by atoms with Crippen LogP contribution in [0, 0.1) is 18.3 Å². The Morgan fingerprint density at radius 2 is 2.33 bits per heavy atom. The van der Waals surface area contributed by atoms with E-state index in [2.05, 4.69) is 5.32 Å². The van der Waals surface area contributed by atoms with Crippen molar-refractivity contribution >= 4 is 11.6 Å². The van der Waals surface area contributed by atoms with Crippen LogP contribution in [0.4, 0.5) is 5.69 Å². The highest BCUT2D eigenvalue weighted by atomic mass is 16.5. The number of nitrogens with zero attached hydrogens (tertiary/aromatic N) is 1. The van der Waals surface area contributed by atoms with Gasteiger partial charge in [-0.3, -0.25) is 4.79 Å². The van der Waals surface area contributed by atoms with E-state index in [4.69, 9.17) is 10.00 Å². The number of amides is 1. The summed E-state index contributed by atoms with van der Waals surface area (Å²) in [6.07, 6.45) is -0.134. The van der Waals surface area contributed by atoms with E-state index in [1.807, 2.05) is 6.92 Å². The Morgan fingerprint density at radius 3 is 2.87 bits per heavy atom. The molecular weight excluding hydrogens is 192 g/mol. The molecule has 0 saturated carbocycles. The number of anilines is 1. The zero-order valence-electron chi connectivity index (χ0n) is 8.70. The van der Waals surface area contributed by atoms with Crippen LogP contribution < -0.4 is 10.1 Å². The van der Waals surface area contributed by atoms with Crippen molar-refractivity contribution in [3.05, 3.63) is 23.8 Å². The summed E-state index contributed by atoms with van der Waals surface area (Å²) < 4.78 is 5.09. The molecular formula is C11H12N2O2. The first kappa shape index (κ1) is 11.1. The van der Waals surface area contributed by atoms with Gasteiger partial charge >= 0.3 is 0 Å². The minimum atomic E-state index is -0.304. The second kappa shape index (κ2) is 5.01. The first-order valence-electron chi connectivity index (χ1n) is 4.49. The Hall–Kier alpha value is -2.02. The number of carbonyl (C=O) groups is 1. The van der Waals surface area contributed by atoms with E-state index in [0.29, 0.717) is 5.69 Å². The molecule has 0 fully saturated rings. The number of aryl methyl sites for hydroxylation is 1. The summed E-state index contributed by atoms with van der Waals surface area (Å²) >= 11 is 0. The summed E-state index contributed by atoms with van der Waals surface area (Å²) in [7, 11) is 1.59. The van der Waals surface area contributed by atoms with Gasteiger partial charge in [0.15, 0.2) is 0 Å². The zero-order valence-corrected chi connectivity index (χ0v) is 8.70. The molecule has 0 aliphatic heterocycles. The Morgan fingerprint density at radius 1 is 1.60 bits per heavy atom. The average Bonchev–Trinajstić information content (AvgIpc) is 2.18. The predicted molar refractivity (Wildman–Crippen MR) is 56.6 cm³/mol. The van der Waals surface area contributed by atoms with E-state index in [0.717, 1.165) is 11.3 Å². The molecule has 0 radical (unpaired) electrons. The van der Waals surface area contributed by atoms with Crippen molar-refractivity contribution in [3.63, 3.8) is 0 Å². The number of carbonyl (C=O) groups excluding carboxylic acids is 1. The van der Waals surface area contributed by atoms with Gasteiger partial charge in [-0.2, -0.15) is 5.26 Å². The second-order valence-corrected chi connectivity index (χ2v) is 3.07. The molecule has 1 aromatic rings. The van der Waals surface area contributed by atoms with Crippen LogP contribution in [0.25, 0.3) is 0 Å². The summed E-state index contributed by atoms with van der Waals surface area (Å²) in [6, 6.07) is 7.10. The van der Waals surface area contributed by atoms with Crippen LogP contribution in [0.1, 0.15) is 12.0 Å². The van der Waals surface area contributed by atoms with Crippen LogP contribution >= 0.6 is 0 Å². The maximum absolute atomic E-state index is 11.1. The average molecular weight is 204 g/mol. The fraction of sp³-hybridized carbons (Fsp3) is 0.273. The largest absolute Gasteiger partial charge is 0.496 e. The molecule has 1 N–H and O–H groups in total. The topological polar surface area (TPSA) is 62.1 Å². The summed E-state index contributed by atoms with van der Waals surface area (Å²) in [5.74, 6) is 0.468. The van der Waals surface area contributed by atoms with Crippen molar-refractivity contribution in [2.45, 2.75) is 13.3 Å². The smallest absolute Gasteiger partial charge is 0.238 e. The molecule has 0 unspecified atom stereocenters. The number of nitrogens with one attached hydrogen (secondary N) is 1. The molecule has 0 aliphatic rings. The number of ether oxygens (including phenoxy) is 1. The van der Waals surface area contributed by atoms with Gasteiger partial charge in [-0.25, -0.2) is 0 Å². The van der Waals surface area contributed by atoms with Gasteiger partial charge in [0, 0.05) is 5.69 Å². The van der Waals surface area contributed by atoms with Gasteiger partial charge in [0.25, 0.3) is 0 Å². The molecule has 4 heteroatoms. The van der Waals surface area contributed by atoms with Crippen LogP contribution in [-0.4, -0.2) is 13.0 Å². The number of rotatable bonds is 3. The molecule has 1 amide bonds. The van der Waals surface area contributed by atoms with Gasteiger partial charge in [-0.15, -0.1) is 0 Å². The van der Waals surface area contributed by atoms with Crippen LogP contribution in [0.2, 0.25) is 0 Å². The lowest BCUT2D eigenvalue weighted by atomic mass is 10.2. The Kier molecular flexibility index (Phi) is 3.69. The molecule has 1 rings (SSSR count). The summed E-state index contributed by atoms with van der Waals surface area (Å²) in [6.45, 7) is 1.89. The fourth-order valence-corrected chi connectivity index (χ4v) is 1.23. The number of hydrogen-bond acceptors (Lipinski definition) is 3. The molecule has 4 nitrogen and oxygen atoms in total. The molecule has 0 aliphatic carbocycles. The molecule has 78 valence electrons. The van der Waals surface area contributed by atoms with Crippen molar-refractivity contribution < 1.29 is 9.53 Å². The lowest BCUT2D eigenvalue weighted by Gasteiger charge is -2.07. The predicted octanol–water partition coefficient (Wildman–Crippen LogP) is 1.86. The Bertz CT molecular complexity index is 408. The molecule has 0 spiro atoms. The van der Waals surface area contributed by atoms with Gasteiger partial charge in [-0.1, -0.05) is 0 Å². The van der Waals surface area contributed by atoms with Gasteiger partial charge in [0.05, 0.1) is 13.2 Å². The second-order valence-electron chi connectivity index (χ2n) is 3.07. The SMILES string of the molecule is COc1ccc(NC(=O)CC#N)cc1C. The van der Waals surface area contributed by atoms with E-state index in [1.165, 1.54) is 0 Å². The van der Waals surface area contributed by atoms with Crippen molar-refractivity contribution in [1.82, 2.24) is 0 Å². The van der Waals surface area contributed by atoms with Crippen molar-refractivity contribution in [2.75, 3.05) is 12.4 Å². The normalized spacial score (nSPS) is 9.13. The third kappa shape index (κ3) is 2.99. The molecule has 0 bridgehead atoms. The quantitative estimate of drug-likeness (QED) is 0.817. The first-order valence-corrected chi connectivity index (χ1v) is 4.49. The number of methoxy groups -OCH3 is 1. The van der Waals surface area contributed by atoms with Crippen LogP contribution in [0.15, 0.2) is 18.2 Å². The highest BCUT2D eigenvalue weighted by molar-refractivity contribution is 5.92. The van der Waals surface area contributed by atoms with E-state index in [1.54, 1.807) is 31.4 Å². The fourth-order valence-electron chi connectivity index (χ4n) is 1.23. The van der Waals surface area contributed by atoms with Gasteiger partial charge in [0.1, 0.15) is 12.2 Å². The Balaban J connectivity index is 2.76. The first-order chi connectivity index (χ1) is 7.17. The van der Waals surface area contributed by atoms with E-state index in [9.17, 15) is 4.79 Å². The molecule has 1 aromatic carbocycles. The van der Waals surface area contributed by atoms with Crippen LogP contribution in [0.5, 0.6) is 5.75 Å². The third-order valence-corrected chi connectivity index (χ3v) is 1.92. The van der Waals surface area contributed by atoms with Crippen molar-refractivity contribution in [2.24, 2.45) is 0 Å². The Labute approximate surface area is 88.5 Å². The maximum Gasteiger partial charge on any atom is 0.238 e. The van der Waals surface area contributed by atoms with Crippen molar-refractivity contribution in [1.29, 1.82) is 5.26 Å². The molecule has 15 heavy (non-hydrogen) atoms. The van der Waals surface area contributed by atoms with E-state index < -0.39 is 0 Å². The molecule has 0 heterocycles. The van der Waals surface area contributed by atoms with Gasteiger partial charge in [0.2, 0.25) is 5.91 Å². The highest BCUT2D eigenvalue weighted by Gasteiger charge is 2.03. The van der Waals surface area contributed by atoms with E-state index in [-0.39, 0.29) is 12.3 Å². The molecule has 0 aromatic heterocycles. The number of hydrogen-bond donors (Lipinski definition) is 1. The van der Waals surface area contributed by atoms with Crippen LogP contribution in [-0.2, 0) is 4.79 Å². The minimum absolute atomic E-state index is 0.134. The maximum atomic E-state index is 11.1. The third-order valence-electron chi connectivity index (χ3n) is 1.92. The highest BCUT2D eigenvalue weighted by Crippen LogP contribution is 2.21. The van der Waals surface area contributed by atoms with Gasteiger partial charge < -0.3 is 10.1 Å². The monoisotopic (exact) mass is 204 g/mol. The molecule has 0 atom stereocenters. The number of nitriles is 1. The number of benzene rings is 1. The minimum Gasteiger partial charge on any atom is -0.496 e. The van der Waals surface area contributed by atoms with Crippen LogP contribution in [0.3, 0.4) is 0 Å². The van der Waals surface area contributed by atoms with Crippen molar-refractivity contribution in [3.8, 4) is 11.8 Å². The lowest BCUT2D eigenvalue weighted by molar-refractivity contribution is -0.115. The standard InChI is InChI=1S/C11H12N2O2/c1-8-7-9(3-4-10(8)15-2)13-11(14)5-6-12/h3-4,7H,5H2,1-2H3,(H,13,14). The van der Waals surface area contributed by atoms with Gasteiger partial charge in [-0.05, 0) is 30.7 Å².